The van der Waals surface area contributed by atoms with Crippen molar-refractivity contribution in [3.63, 3.8) is 0 Å². The number of anilines is 1. The van der Waals surface area contributed by atoms with Crippen molar-refractivity contribution in [2.45, 2.75) is 59.7 Å². The number of carbonyl (C=O) groups excluding carboxylic acids is 2. The van der Waals surface area contributed by atoms with Gasteiger partial charge >= 0.3 is 0 Å². The van der Waals surface area contributed by atoms with Gasteiger partial charge in [0.25, 0.3) is 0 Å². The molecule has 0 aliphatic carbocycles. The number of nitrogens with one attached hydrogen (secondary N) is 1. The van der Waals surface area contributed by atoms with Crippen LogP contribution < -0.4 is 10.1 Å². The topological polar surface area (TPSA) is 71.5 Å². The van der Waals surface area contributed by atoms with Crippen molar-refractivity contribution in [2.24, 2.45) is 0 Å². The van der Waals surface area contributed by atoms with Gasteiger partial charge < -0.3 is 19.7 Å². The molecule has 156 valence electrons. The van der Waals surface area contributed by atoms with Crippen molar-refractivity contribution >= 4 is 18.4 Å². The zero-order valence-electron chi connectivity index (χ0n) is 18.0. The Bertz CT molecular complexity index is 852. The molecule has 1 unspecified atom stereocenters. The lowest BCUT2D eigenvalue weighted by Gasteiger charge is -2.26. The second kappa shape index (κ2) is 10.6. The summed E-state index contributed by atoms with van der Waals surface area (Å²) in [6, 6.07) is 5.57. The van der Waals surface area contributed by atoms with Crippen molar-refractivity contribution < 1.29 is 14.3 Å². The molecule has 0 aliphatic rings. The first kappa shape index (κ1) is 22.4. The lowest BCUT2D eigenvalue weighted by Crippen LogP contribution is -2.35. The lowest BCUT2D eigenvalue weighted by molar-refractivity contribution is -0.126. The number of pyridine rings is 1. The Morgan fingerprint density at radius 3 is 2.59 bits per heavy atom. The summed E-state index contributed by atoms with van der Waals surface area (Å²) < 4.78 is 5.49. The molecule has 0 fully saturated rings. The maximum absolute atomic E-state index is 11.7. The first-order chi connectivity index (χ1) is 14.0. The Morgan fingerprint density at radius 1 is 1.21 bits per heavy atom. The second-order valence-electron chi connectivity index (χ2n) is 7.27. The van der Waals surface area contributed by atoms with E-state index >= 15 is 0 Å². The van der Waals surface area contributed by atoms with E-state index in [2.05, 4.69) is 10.3 Å². The zero-order chi connectivity index (χ0) is 21.4. The smallest absolute Gasteiger partial charge is 0.210 e. The van der Waals surface area contributed by atoms with Crippen LogP contribution in [-0.4, -0.2) is 35.7 Å². The first-order valence-corrected chi connectivity index (χ1v) is 9.94. The fourth-order valence-corrected chi connectivity index (χ4v) is 3.53. The van der Waals surface area contributed by atoms with Crippen LogP contribution in [-0.2, 0) is 22.7 Å². The third-order valence-corrected chi connectivity index (χ3v) is 5.25. The van der Waals surface area contributed by atoms with Gasteiger partial charge in [-0.05, 0) is 44.4 Å². The number of rotatable bonds is 11. The van der Waals surface area contributed by atoms with Crippen molar-refractivity contribution in [3.05, 3.63) is 52.3 Å². The SMILES string of the molecule is CCCC(C=O)N(C=O)Cc1c(C)cccc1NCc1ncc(C)c(OC)c1C. The van der Waals surface area contributed by atoms with Gasteiger partial charge in [0.1, 0.15) is 12.0 Å². The molecule has 0 bridgehead atoms. The van der Waals surface area contributed by atoms with E-state index in [0.717, 1.165) is 58.5 Å². The molecule has 6 nitrogen and oxygen atoms in total. The average Bonchev–Trinajstić information content (AvgIpc) is 2.71. The average molecular weight is 398 g/mol. The van der Waals surface area contributed by atoms with E-state index in [-0.39, 0.29) is 0 Å². The van der Waals surface area contributed by atoms with E-state index in [0.29, 0.717) is 19.5 Å². The van der Waals surface area contributed by atoms with Gasteiger partial charge in [-0.15, -0.1) is 0 Å². The van der Waals surface area contributed by atoms with Gasteiger partial charge in [0.15, 0.2) is 0 Å². The van der Waals surface area contributed by atoms with Crippen LogP contribution in [0.4, 0.5) is 5.69 Å². The number of aromatic nitrogens is 1. The van der Waals surface area contributed by atoms with Crippen LogP contribution in [0.3, 0.4) is 0 Å². The predicted octanol–water partition coefficient (Wildman–Crippen LogP) is 3.95. The Labute approximate surface area is 173 Å². The highest BCUT2D eigenvalue weighted by molar-refractivity contribution is 5.65. The second-order valence-corrected chi connectivity index (χ2v) is 7.27. The summed E-state index contributed by atoms with van der Waals surface area (Å²) >= 11 is 0. The molecule has 0 radical (unpaired) electrons. The number of amides is 1. The lowest BCUT2D eigenvalue weighted by atomic mass is 10.0. The Morgan fingerprint density at radius 2 is 1.97 bits per heavy atom. The fraction of sp³-hybridized carbons (Fsp3) is 0.435. The maximum atomic E-state index is 11.7. The van der Waals surface area contributed by atoms with Gasteiger partial charge in [0.2, 0.25) is 6.41 Å². The summed E-state index contributed by atoms with van der Waals surface area (Å²) in [6.45, 7) is 8.91. The summed E-state index contributed by atoms with van der Waals surface area (Å²) in [7, 11) is 1.67. The molecular weight excluding hydrogens is 366 g/mol. The van der Waals surface area contributed by atoms with Crippen molar-refractivity contribution in [3.8, 4) is 5.75 Å². The number of methoxy groups -OCH3 is 1. The summed E-state index contributed by atoms with van der Waals surface area (Å²) in [4.78, 5) is 29.2. The number of hydrogen-bond acceptors (Lipinski definition) is 5. The molecule has 0 saturated carbocycles. The van der Waals surface area contributed by atoms with E-state index in [4.69, 9.17) is 4.74 Å². The monoisotopic (exact) mass is 397 g/mol. The minimum absolute atomic E-state index is 0.380. The van der Waals surface area contributed by atoms with Crippen LogP contribution >= 0.6 is 0 Å². The number of hydrogen-bond donors (Lipinski definition) is 1. The molecule has 1 heterocycles. The van der Waals surface area contributed by atoms with E-state index in [1.165, 1.54) is 0 Å². The van der Waals surface area contributed by atoms with E-state index in [1.807, 2.05) is 52.1 Å². The summed E-state index contributed by atoms with van der Waals surface area (Å²) in [5.41, 5.74) is 5.91. The highest BCUT2D eigenvalue weighted by Gasteiger charge is 2.18. The van der Waals surface area contributed by atoms with Gasteiger partial charge in [-0.1, -0.05) is 25.5 Å². The van der Waals surface area contributed by atoms with Crippen molar-refractivity contribution in [1.29, 1.82) is 0 Å². The molecular formula is C23H31N3O3. The summed E-state index contributed by atoms with van der Waals surface area (Å²) in [5.74, 6) is 0.849. The van der Waals surface area contributed by atoms with Crippen molar-refractivity contribution in [1.82, 2.24) is 9.88 Å². The standard InChI is InChI=1S/C23H31N3O3/c1-6-8-19(14-27)26(15-28)13-20-16(2)9-7-10-21(20)25-12-22-18(4)23(29-5)17(3)11-24-22/h7,9-11,14-15,19,25H,6,8,12-13H2,1-5H3. The molecule has 1 aromatic heterocycles. The highest BCUT2D eigenvalue weighted by atomic mass is 16.5. The number of benzene rings is 1. The van der Waals surface area contributed by atoms with Gasteiger partial charge in [0.05, 0.1) is 25.4 Å². The van der Waals surface area contributed by atoms with E-state index in [1.54, 1.807) is 12.0 Å². The molecule has 1 amide bonds. The molecule has 0 saturated heterocycles. The van der Waals surface area contributed by atoms with Crippen LogP contribution in [0.1, 0.15) is 47.7 Å². The maximum Gasteiger partial charge on any atom is 0.210 e. The van der Waals surface area contributed by atoms with Crippen LogP contribution in [0.25, 0.3) is 0 Å². The third kappa shape index (κ3) is 5.34. The Kier molecular flexibility index (Phi) is 8.19. The number of carbonyl (C=O) groups is 2. The summed E-state index contributed by atoms with van der Waals surface area (Å²) in [5, 5.41) is 3.45. The minimum atomic E-state index is -0.407. The largest absolute Gasteiger partial charge is 0.496 e. The molecule has 0 aliphatic heterocycles. The molecule has 0 spiro atoms. The van der Waals surface area contributed by atoms with E-state index in [9.17, 15) is 9.59 Å². The fourth-order valence-electron chi connectivity index (χ4n) is 3.53. The molecule has 1 atom stereocenters. The Hall–Kier alpha value is -2.89. The first-order valence-electron chi connectivity index (χ1n) is 9.94. The molecule has 1 N–H and O–H groups in total. The van der Waals surface area contributed by atoms with Gasteiger partial charge in [-0.3, -0.25) is 9.78 Å². The summed E-state index contributed by atoms with van der Waals surface area (Å²) in [6.07, 6.45) is 4.93. The number of nitrogens with zero attached hydrogens (tertiary/aromatic N) is 2. The van der Waals surface area contributed by atoms with Crippen molar-refractivity contribution in [2.75, 3.05) is 12.4 Å². The van der Waals surface area contributed by atoms with E-state index < -0.39 is 6.04 Å². The van der Waals surface area contributed by atoms with Gasteiger partial charge in [0, 0.05) is 29.6 Å². The minimum Gasteiger partial charge on any atom is -0.496 e. The molecule has 2 aromatic rings. The van der Waals surface area contributed by atoms with Gasteiger partial charge in [-0.2, -0.15) is 0 Å². The molecule has 6 heteroatoms. The highest BCUT2D eigenvalue weighted by Crippen LogP contribution is 2.26. The van der Waals surface area contributed by atoms with Gasteiger partial charge in [-0.25, -0.2) is 0 Å². The van der Waals surface area contributed by atoms with Crippen LogP contribution in [0.2, 0.25) is 0 Å². The van der Waals surface area contributed by atoms with Crippen LogP contribution in [0.15, 0.2) is 24.4 Å². The van der Waals surface area contributed by atoms with Crippen LogP contribution in [0, 0.1) is 20.8 Å². The predicted molar refractivity (Wildman–Crippen MR) is 115 cm³/mol. The molecule has 1 aromatic carbocycles. The number of aldehydes is 1. The number of aryl methyl sites for hydroxylation is 2. The quantitative estimate of drug-likeness (QED) is 0.581. The molecule has 2 rings (SSSR count). The van der Waals surface area contributed by atoms with Crippen LogP contribution in [0.5, 0.6) is 5.75 Å². The number of ether oxygens (including phenoxy) is 1. The zero-order valence-corrected chi connectivity index (χ0v) is 18.0. The normalized spacial score (nSPS) is 11.6. The third-order valence-electron chi connectivity index (χ3n) is 5.25. The Balaban J connectivity index is 2.26. The molecule has 29 heavy (non-hydrogen) atoms.